The minimum atomic E-state index is -0.245. The van der Waals surface area contributed by atoms with Gasteiger partial charge in [-0.05, 0) is 58.1 Å². The highest BCUT2D eigenvalue weighted by Crippen LogP contribution is 2.32. The maximum absolute atomic E-state index is 12.4. The first-order valence-electron chi connectivity index (χ1n) is 6.73. The summed E-state index contributed by atoms with van der Waals surface area (Å²) in [5.74, 6) is -0.245. The van der Waals surface area contributed by atoms with E-state index in [1.54, 1.807) is 12.1 Å². The molecule has 1 heterocycles. The molecule has 6 heteroatoms. The lowest BCUT2D eigenvalue weighted by Crippen LogP contribution is -2.28. The van der Waals surface area contributed by atoms with Gasteiger partial charge in [-0.2, -0.15) is 5.26 Å². The number of hydrogen-bond donors (Lipinski definition) is 1. The van der Waals surface area contributed by atoms with E-state index in [-0.39, 0.29) is 11.9 Å². The first-order valence-corrected chi connectivity index (χ1v) is 7.90. The molecule has 1 unspecified atom stereocenters. The lowest BCUT2D eigenvalue weighted by molar-refractivity contribution is 0.0931. The molecule has 3 rings (SSSR count). The Morgan fingerprint density at radius 3 is 3.00 bits per heavy atom. The van der Waals surface area contributed by atoms with E-state index in [9.17, 15) is 4.79 Å². The summed E-state index contributed by atoms with van der Waals surface area (Å²) < 4.78 is 0.565. The number of aromatic nitrogens is 1. The summed E-state index contributed by atoms with van der Waals surface area (Å²) in [6.07, 6.45) is 3.12. The van der Waals surface area contributed by atoms with Crippen molar-refractivity contribution in [1.82, 2.24) is 10.3 Å². The van der Waals surface area contributed by atoms with Gasteiger partial charge in [0, 0.05) is 6.20 Å². The first kappa shape index (κ1) is 15.0. The maximum Gasteiger partial charge on any atom is 0.271 e. The van der Waals surface area contributed by atoms with Crippen LogP contribution in [0.15, 0.2) is 34.9 Å². The van der Waals surface area contributed by atoms with E-state index in [1.807, 2.05) is 12.1 Å². The van der Waals surface area contributed by atoms with Crippen molar-refractivity contribution in [3.8, 4) is 6.07 Å². The number of halogens is 2. The average Bonchev–Trinajstić information content (AvgIpc) is 2.89. The number of nitrogens with zero attached hydrogens (tertiary/aromatic N) is 2. The smallest absolute Gasteiger partial charge is 0.271 e. The van der Waals surface area contributed by atoms with Crippen LogP contribution in [-0.2, 0) is 6.42 Å². The van der Waals surface area contributed by atoms with Crippen molar-refractivity contribution < 1.29 is 4.79 Å². The monoisotopic (exact) mass is 375 g/mol. The Hall–Kier alpha value is -1.90. The first-order chi connectivity index (χ1) is 10.6. The van der Waals surface area contributed by atoms with Gasteiger partial charge in [0.15, 0.2) is 0 Å². The number of hydrogen-bond acceptors (Lipinski definition) is 3. The van der Waals surface area contributed by atoms with Crippen LogP contribution >= 0.6 is 27.5 Å². The number of nitriles is 1. The summed E-state index contributed by atoms with van der Waals surface area (Å²) >= 11 is 9.14. The summed E-state index contributed by atoms with van der Waals surface area (Å²) in [5.41, 5.74) is 3.14. The van der Waals surface area contributed by atoms with Gasteiger partial charge in [-0.15, -0.1) is 0 Å². The highest BCUT2D eigenvalue weighted by atomic mass is 79.9. The van der Waals surface area contributed by atoms with Gasteiger partial charge in [-0.3, -0.25) is 4.79 Å². The number of rotatable bonds is 2. The van der Waals surface area contributed by atoms with Gasteiger partial charge in [0.25, 0.3) is 5.91 Å². The summed E-state index contributed by atoms with van der Waals surface area (Å²) in [7, 11) is 0. The van der Waals surface area contributed by atoms with Crippen LogP contribution < -0.4 is 5.32 Å². The SMILES string of the molecule is N#Cc1ccc2c(c1)CCC2NC(=O)c1ncc(Cl)cc1Br. The molecule has 0 fully saturated rings. The van der Waals surface area contributed by atoms with Crippen LogP contribution in [0.3, 0.4) is 0 Å². The summed E-state index contributed by atoms with van der Waals surface area (Å²) in [6.45, 7) is 0. The molecular formula is C16H11BrClN3O. The second-order valence-corrected chi connectivity index (χ2v) is 6.36. The molecular weight excluding hydrogens is 366 g/mol. The lowest BCUT2D eigenvalue weighted by atomic mass is 10.1. The minimum Gasteiger partial charge on any atom is -0.344 e. The van der Waals surface area contributed by atoms with E-state index in [2.05, 4.69) is 32.3 Å². The Balaban J connectivity index is 1.81. The topological polar surface area (TPSA) is 65.8 Å². The van der Waals surface area contributed by atoms with Gasteiger partial charge in [-0.25, -0.2) is 4.98 Å². The molecule has 1 amide bonds. The Bertz CT molecular complexity index is 800. The van der Waals surface area contributed by atoms with Crippen LogP contribution in [-0.4, -0.2) is 10.9 Å². The number of carbonyl (C=O) groups is 1. The normalized spacial score (nSPS) is 16.0. The molecule has 1 atom stereocenters. The Morgan fingerprint density at radius 2 is 2.27 bits per heavy atom. The van der Waals surface area contributed by atoms with E-state index in [1.165, 1.54) is 6.20 Å². The Morgan fingerprint density at radius 1 is 1.45 bits per heavy atom. The third kappa shape index (κ3) is 2.85. The molecule has 0 radical (unpaired) electrons. The fraction of sp³-hybridized carbons (Fsp3) is 0.188. The number of aryl methyl sites for hydroxylation is 1. The molecule has 1 aliphatic carbocycles. The van der Waals surface area contributed by atoms with Crippen molar-refractivity contribution in [2.45, 2.75) is 18.9 Å². The molecule has 0 spiro atoms. The fourth-order valence-corrected chi connectivity index (χ4v) is 3.46. The van der Waals surface area contributed by atoms with Crippen LogP contribution in [0.1, 0.15) is 39.6 Å². The molecule has 22 heavy (non-hydrogen) atoms. The average molecular weight is 377 g/mol. The molecule has 1 aromatic carbocycles. The van der Waals surface area contributed by atoms with Gasteiger partial charge in [0.2, 0.25) is 0 Å². The largest absolute Gasteiger partial charge is 0.344 e. The summed E-state index contributed by atoms with van der Waals surface area (Å²) in [6, 6.07) is 9.30. The van der Waals surface area contributed by atoms with Crippen LogP contribution in [0.25, 0.3) is 0 Å². The van der Waals surface area contributed by atoms with Crippen LogP contribution in [0, 0.1) is 11.3 Å². The predicted molar refractivity (Wildman–Crippen MR) is 86.6 cm³/mol. The number of benzene rings is 1. The molecule has 0 saturated carbocycles. The van der Waals surface area contributed by atoms with Gasteiger partial charge < -0.3 is 5.32 Å². The van der Waals surface area contributed by atoms with E-state index in [0.29, 0.717) is 20.8 Å². The molecule has 1 aliphatic rings. The summed E-state index contributed by atoms with van der Waals surface area (Å²) in [4.78, 5) is 16.4. The highest BCUT2D eigenvalue weighted by Gasteiger charge is 2.25. The standard InChI is InChI=1S/C16H11BrClN3O/c17-13-6-11(18)8-20-15(13)16(22)21-14-4-2-10-5-9(7-19)1-3-12(10)14/h1,3,5-6,8,14H,2,4H2,(H,21,22). The lowest BCUT2D eigenvalue weighted by Gasteiger charge is -2.14. The van der Waals surface area contributed by atoms with Gasteiger partial charge in [0.1, 0.15) is 5.69 Å². The van der Waals surface area contributed by atoms with E-state index >= 15 is 0 Å². The molecule has 0 saturated heterocycles. The fourth-order valence-electron chi connectivity index (χ4n) is 2.65. The Kier molecular flexibility index (Phi) is 4.14. The summed E-state index contributed by atoms with van der Waals surface area (Å²) in [5, 5.41) is 12.4. The quantitative estimate of drug-likeness (QED) is 0.867. The van der Waals surface area contributed by atoms with Crippen LogP contribution in [0.2, 0.25) is 5.02 Å². The third-order valence-corrected chi connectivity index (χ3v) is 4.49. The van der Waals surface area contributed by atoms with Crippen LogP contribution in [0.4, 0.5) is 0 Å². The number of amides is 1. The molecule has 1 aromatic heterocycles. The van der Waals surface area contributed by atoms with Crippen LogP contribution in [0.5, 0.6) is 0 Å². The number of carbonyl (C=O) groups excluding carboxylic acids is 1. The van der Waals surface area contributed by atoms with E-state index in [0.717, 1.165) is 24.0 Å². The Labute approximate surface area is 141 Å². The molecule has 4 nitrogen and oxygen atoms in total. The zero-order valence-electron chi connectivity index (χ0n) is 11.4. The van der Waals surface area contributed by atoms with Crippen molar-refractivity contribution in [2.24, 2.45) is 0 Å². The molecule has 0 aliphatic heterocycles. The van der Waals surface area contributed by atoms with Gasteiger partial charge >= 0.3 is 0 Å². The molecule has 110 valence electrons. The second-order valence-electron chi connectivity index (χ2n) is 5.07. The van der Waals surface area contributed by atoms with Crippen molar-refractivity contribution in [3.05, 3.63) is 62.3 Å². The predicted octanol–water partition coefficient (Wildman–Crippen LogP) is 3.79. The second kappa shape index (κ2) is 6.07. The van der Waals surface area contributed by atoms with Gasteiger partial charge in [0.05, 0.1) is 27.2 Å². The maximum atomic E-state index is 12.4. The van der Waals surface area contributed by atoms with Crippen molar-refractivity contribution in [1.29, 1.82) is 5.26 Å². The molecule has 2 aromatic rings. The molecule has 0 bridgehead atoms. The number of nitrogens with one attached hydrogen (secondary N) is 1. The number of pyridine rings is 1. The number of fused-ring (bicyclic) bond motifs is 1. The van der Waals surface area contributed by atoms with E-state index in [4.69, 9.17) is 16.9 Å². The highest BCUT2D eigenvalue weighted by molar-refractivity contribution is 9.10. The van der Waals surface area contributed by atoms with Gasteiger partial charge in [-0.1, -0.05) is 17.7 Å². The van der Waals surface area contributed by atoms with Crippen molar-refractivity contribution in [3.63, 3.8) is 0 Å². The zero-order valence-corrected chi connectivity index (χ0v) is 13.8. The minimum absolute atomic E-state index is 0.0559. The van der Waals surface area contributed by atoms with Crippen molar-refractivity contribution >= 4 is 33.4 Å². The zero-order chi connectivity index (χ0) is 15.7. The van der Waals surface area contributed by atoms with E-state index < -0.39 is 0 Å². The van der Waals surface area contributed by atoms with Crippen molar-refractivity contribution in [2.75, 3.05) is 0 Å². The molecule has 1 N–H and O–H groups in total. The third-order valence-electron chi connectivity index (χ3n) is 3.68.